The Morgan fingerprint density at radius 1 is 0.972 bits per heavy atom. The van der Waals surface area contributed by atoms with Crippen LogP contribution in [0.4, 0.5) is 0 Å². The van der Waals surface area contributed by atoms with Crippen LogP contribution in [0.25, 0.3) is 17.0 Å². The van der Waals surface area contributed by atoms with Crippen molar-refractivity contribution in [3.8, 4) is 0 Å². The highest BCUT2D eigenvalue weighted by Crippen LogP contribution is 2.44. The summed E-state index contributed by atoms with van der Waals surface area (Å²) < 4.78 is 59.7. The fourth-order valence-electron chi connectivity index (χ4n) is 11.6. The number of carbonyl (C=O) groups is 3. The molecule has 1 amide bonds. The number of aliphatic hydroxyl groups excluding tert-OH is 1. The number of nitrogens with zero attached hydrogens (tertiary/aromatic N) is 3. The van der Waals surface area contributed by atoms with E-state index in [9.17, 15) is 24.6 Å². The zero-order valence-corrected chi connectivity index (χ0v) is 44.6. The fourth-order valence-corrected chi connectivity index (χ4v) is 11.6. The molecule has 4 saturated heterocycles. The predicted octanol–water partition coefficient (Wildman–Crippen LogP) is 6.47. The van der Waals surface area contributed by atoms with Crippen molar-refractivity contribution in [1.82, 2.24) is 9.88 Å². The average molecular weight is 996 g/mol. The number of aliphatic imine (C=N–C) groups is 1. The van der Waals surface area contributed by atoms with E-state index in [1.54, 1.807) is 27.0 Å². The minimum atomic E-state index is -1.84. The predicted molar refractivity (Wildman–Crippen MR) is 266 cm³/mol. The molecule has 0 radical (unpaired) electrons. The molecule has 1 aromatic carbocycles. The lowest BCUT2D eigenvalue weighted by Crippen LogP contribution is -2.62. The van der Waals surface area contributed by atoms with Gasteiger partial charge >= 0.3 is 11.9 Å². The standard InChI is InChI=1S/C54H81N3O14/c1-16-42-54(12,62)48-31(4)44(56-35(8)58)29(2)24-53(11,65-28-38(27-64-48)22-37-23-39-19-17-18-20-40(39)55-26-37)47(71-51-45(60)41(57(13)14)21-30(3)66-51)32(5)46(33(6)50(61)69-42)70-43-25-52(10,63-15)49(34(7)67-43)68-36(9)59/h17-20,22-23,26,29-34,41-43,45-49,51,60,62H,16,21,24-25,27-28H2,1-15H3/b38-22-,56-44?/t29-,30-,31-,32+,33-,34+,41+,42+,43+,45-,46+,47-,48+,49+,51+,52-,53-,54-/m1/s1. The lowest BCUT2D eigenvalue weighted by Gasteiger charge is -2.50. The van der Waals surface area contributed by atoms with Gasteiger partial charge in [0.1, 0.15) is 23.4 Å². The number of cyclic esters (lactones) is 1. The summed E-state index contributed by atoms with van der Waals surface area (Å²) in [6.07, 6.45) is -4.58. The number of para-hydroxylation sites is 1. The molecule has 2 aromatic rings. The molecule has 0 spiro atoms. The van der Waals surface area contributed by atoms with Crippen molar-refractivity contribution in [1.29, 1.82) is 0 Å². The second-order valence-corrected chi connectivity index (χ2v) is 21.5. The van der Waals surface area contributed by atoms with Crippen molar-refractivity contribution >= 4 is 40.5 Å². The van der Waals surface area contributed by atoms with E-state index in [0.717, 1.165) is 16.5 Å². The maximum absolute atomic E-state index is 15.0. The minimum Gasteiger partial charge on any atom is -0.459 e. The van der Waals surface area contributed by atoms with E-state index in [2.05, 4.69) is 4.99 Å². The minimum absolute atomic E-state index is 0.00342. The Kier molecular flexibility index (Phi) is 18.5. The SMILES string of the molecule is CC[C@@H]1OC(=O)[C@H](C)[C@@H](O[C@H]2C[C@@](C)(OC)[C@@H](OC(C)=O)[C@H](C)O2)[C@H](C)[C@@H](O[C@@H]2O[C@H](C)C[C@H](N(C)C)[C@H]2O)[C@@]2(C)C[C@@H](C)C(=NC(C)=O)[C@@H](C)[C@H](OC/C(=C/c3cnc4ccccc4c3)CO2)[C@]1(C)O. The molecule has 5 heterocycles. The smallest absolute Gasteiger partial charge is 0.311 e. The van der Waals surface area contributed by atoms with E-state index in [1.165, 1.54) is 21.0 Å². The molecular formula is C54H81N3O14. The lowest BCUT2D eigenvalue weighted by atomic mass is 9.73. The molecule has 1 aromatic heterocycles. The fraction of sp³-hybridized carbons (Fsp3) is 0.722. The van der Waals surface area contributed by atoms with Crippen LogP contribution in [0.15, 0.2) is 47.1 Å². The first kappa shape index (κ1) is 56.5. The normalized spacial score (nSPS) is 41.2. The maximum atomic E-state index is 15.0. The van der Waals surface area contributed by atoms with Gasteiger partial charge in [0.25, 0.3) is 0 Å². The number of ether oxygens (including phenoxy) is 9. The number of rotatable bonds is 9. The van der Waals surface area contributed by atoms with Crippen LogP contribution in [0.1, 0.15) is 114 Å². The topological polar surface area (TPSA) is 203 Å². The van der Waals surface area contributed by atoms with Crippen LogP contribution in [-0.4, -0.2) is 162 Å². The summed E-state index contributed by atoms with van der Waals surface area (Å²) in [7, 11) is 5.33. The summed E-state index contributed by atoms with van der Waals surface area (Å²) in [5, 5.41) is 26.0. The number of aromatic nitrogens is 1. The van der Waals surface area contributed by atoms with Crippen LogP contribution in [0.2, 0.25) is 0 Å². The molecule has 4 aliphatic rings. The molecule has 2 bridgehead atoms. The molecule has 2 N–H and O–H groups in total. The summed E-state index contributed by atoms with van der Waals surface area (Å²) in [6, 6.07) is 9.52. The molecule has 18 atom stereocenters. The van der Waals surface area contributed by atoms with Crippen LogP contribution in [-0.2, 0) is 57.0 Å². The zero-order valence-electron chi connectivity index (χ0n) is 44.6. The van der Waals surface area contributed by atoms with Crippen LogP contribution >= 0.6 is 0 Å². The molecule has 0 aliphatic carbocycles. The summed E-state index contributed by atoms with van der Waals surface area (Å²) in [4.78, 5) is 51.8. The Hall–Kier alpha value is -3.75. The van der Waals surface area contributed by atoms with E-state index in [-0.39, 0.29) is 44.6 Å². The largest absolute Gasteiger partial charge is 0.459 e. The third-order valence-corrected chi connectivity index (χ3v) is 15.4. The number of pyridine rings is 1. The van der Waals surface area contributed by atoms with Crippen LogP contribution in [0.3, 0.4) is 0 Å². The van der Waals surface area contributed by atoms with Gasteiger partial charge in [0.2, 0.25) is 5.91 Å². The molecule has 4 aliphatic heterocycles. The molecule has 71 heavy (non-hydrogen) atoms. The number of fused-ring (bicyclic) bond motifs is 6. The number of methoxy groups -OCH3 is 1. The van der Waals surface area contributed by atoms with Crippen LogP contribution in [0.5, 0.6) is 0 Å². The number of carbonyl (C=O) groups excluding carboxylic acids is 3. The van der Waals surface area contributed by atoms with E-state index in [1.807, 2.05) is 104 Å². The molecule has 396 valence electrons. The molecule has 6 rings (SSSR count). The number of amides is 1. The van der Waals surface area contributed by atoms with Gasteiger partial charge in [0.15, 0.2) is 18.7 Å². The van der Waals surface area contributed by atoms with Gasteiger partial charge in [-0.15, -0.1) is 0 Å². The highest BCUT2D eigenvalue weighted by atomic mass is 16.7. The number of hydrogen-bond acceptors (Lipinski definition) is 16. The van der Waals surface area contributed by atoms with E-state index >= 15 is 0 Å². The highest BCUT2D eigenvalue weighted by Gasteiger charge is 2.55. The summed E-state index contributed by atoms with van der Waals surface area (Å²) >= 11 is 0. The van der Waals surface area contributed by atoms with Gasteiger partial charge < -0.3 is 57.7 Å². The van der Waals surface area contributed by atoms with Crippen molar-refractivity contribution in [2.75, 3.05) is 34.4 Å². The van der Waals surface area contributed by atoms with E-state index in [0.29, 0.717) is 17.7 Å². The number of likely N-dealkylation sites (N-methyl/N-ethyl adjacent to an activating group) is 1. The Labute approximate surface area is 420 Å². The summed E-state index contributed by atoms with van der Waals surface area (Å²) in [5.41, 5.74) is -1.48. The van der Waals surface area contributed by atoms with Crippen molar-refractivity contribution < 1.29 is 67.2 Å². The summed E-state index contributed by atoms with van der Waals surface area (Å²) in [6.45, 7) is 21.0. The second kappa shape index (κ2) is 23.2. The van der Waals surface area contributed by atoms with Crippen molar-refractivity contribution in [3.63, 3.8) is 0 Å². The van der Waals surface area contributed by atoms with Gasteiger partial charge in [-0.05, 0) is 110 Å². The molecule has 0 unspecified atom stereocenters. The van der Waals surface area contributed by atoms with Gasteiger partial charge in [-0.1, -0.05) is 45.9 Å². The molecular weight excluding hydrogens is 915 g/mol. The molecule has 17 heteroatoms. The van der Waals surface area contributed by atoms with E-state index in [4.69, 9.17) is 47.6 Å². The Morgan fingerprint density at radius 3 is 2.32 bits per heavy atom. The Balaban J connectivity index is 1.59. The average Bonchev–Trinajstić information content (AvgIpc) is 3.32. The first-order chi connectivity index (χ1) is 33.3. The van der Waals surface area contributed by atoms with Crippen molar-refractivity contribution in [3.05, 3.63) is 47.7 Å². The Morgan fingerprint density at radius 2 is 1.68 bits per heavy atom. The molecule has 4 fully saturated rings. The Bertz CT molecular complexity index is 2240. The van der Waals surface area contributed by atoms with E-state index < -0.39 is 114 Å². The number of aliphatic hydroxyl groups is 2. The van der Waals surface area contributed by atoms with Gasteiger partial charge in [-0.3, -0.25) is 19.4 Å². The monoisotopic (exact) mass is 996 g/mol. The van der Waals surface area contributed by atoms with Gasteiger partial charge in [0.05, 0.1) is 60.8 Å². The first-order valence-electron chi connectivity index (χ1n) is 25.3. The quantitative estimate of drug-likeness (QED) is 0.259. The zero-order chi connectivity index (χ0) is 52.3. The number of esters is 2. The molecule has 0 saturated carbocycles. The number of hydrogen-bond donors (Lipinski definition) is 2. The summed E-state index contributed by atoms with van der Waals surface area (Å²) in [5.74, 6) is -4.64. The van der Waals surface area contributed by atoms with Crippen molar-refractivity contribution in [2.45, 2.75) is 193 Å². The van der Waals surface area contributed by atoms with Crippen LogP contribution in [0, 0.1) is 23.7 Å². The highest BCUT2D eigenvalue weighted by molar-refractivity contribution is 5.98. The third kappa shape index (κ3) is 12.8. The molecule has 17 nitrogen and oxygen atoms in total. The lowest BCUT2D eigenvalue weighted by molar-refractivity contribution is -0.320. The maximum Gasteiger partial charge on any atom is 0.311 e. The first-order valence-corrected chi connectivity index (χ1v) is 25.3. The van der Waals surface area contributed by atoms with Gasteiger partial charge in [0, 0.05) is 62.6 Å². The van der Waals surface area contributed by atoms with Crippen LogP contribution < -0.4 is 0 Å². The number of benzene rings is 1. The third-order valence-electron chi connectivity index (χ3n) is 15.4. The van der Waals surface area contributed by atoms with Gasteiger partial charge in [-0.2, -0.15) is 0 Å². The second-order valence-electron chi connectivity index (χ2n) is 21.5. The van der Waals surface area contributed by atoms with Gasteiger partial charge in [-0.25, -0.2) is 4.99 Å². The van der Waals surface area contributed by atoms with Crippen molar-refractivity contribution in [2.24, 2.45) is 28.7 Å².